The van der Waals surface area contributed by atoms with Crippen LogP contribution in [0.5, 0.6) is 5.75 Å². The Balaban J connectivity index is 2.10. The monoisotopic (exact) mass is 255 g/mol. The zero-order valence-electron chi connectivity index (χ0n) is 8.04. The van der Waals surface area contributed by atoms with E-state index < -0.39 is 0 Å². The van der Waals surface area contributed by atoms with Gasteiger partial charge in [0.1, 0.15) is 5.75 Å². The first-order valence-corrected chi connectivity index (χ1v) is 5.75. The van der Waals surface area contributed by atoms with Crippen LogP contribution in [-0.2, 0) is 6.54 Å². The SMILES string of the molecule is Oc1ccc(Br)cc1CN1CCCC1. The van der Waals surface area contributed by atoms with Crippen LogP contribution in [0.4, 0.5) is 0 Å². The van der Waals surface area contributed by atoms with Crippen LogP contribution in [0.15, 0.2) is 22.7 Å². The van der Waals surface area contributed by atoms with Gasteiger partial charge in [-0.05, 0) is 44.1 Å². The predicted molar refractivity (Wildman–Crippen MR) is 60.3 cm³/mol. The molecule has 1 fully saturated rings. The average Bonchev–Trinajstić information content (AvgIpc) is 2.64. The summed E-state index contributed by atoms with van der Waals surface area (Å²) in [6.45, 7) is 3.18. The normalized spacial score (nSPS) is 17.5. The number of nitrogens with zero attached hydrogens (tertiary/aromatic N) is 1. The Morgan fingerprint density at radius 2 is 2.00 bits per heavy atom. The van der Waals surface area contributed by atoms with Crippen molar-refractivity contribution in [2.75, 3.05) is 13.1 Å². The molecule has 1 aliphatic heterocycles. The highest BCUT2D eigenvalue weighted by Gasteiger charge is 2.13. The third kappa shape index (κ3) is 2.28. The van der Waals surface area contributed by atoms with Gasteiger partial charge in [-0.3, -0.25) is 4.90 Å². The van der Waals surface area contributed by atoms with Crippen LogP contribution in [-0.4, -0.2) is 23.1 Å². The van der Waals surface area contributed by atoms with E-state index in [0.29, 0.717) is 5.75 Å². The van der Waals surface area contributed by atoms with Crippen LogP contribution < -0.4 is 0 Å². The Bertz CT molecular complexity index is 321. The molecule has 2 rings (SSSR count). The van der Waals surface area contributed by atoms with Gasteiger partial charge in [-0.1, -0.05) is 15.9 Å². The lowest BCUT2D eigenvalue weighted by molar-refractivity contribution is 0.324. The van der Waals surface area contributed by atoms with Crippen molar-refractivity contribution in [1.82, 2.24) is 4.90 Å². The summed E-state index contributed by atoms with van der Waals surface area (Å²) in [6, 6.07) is 5.60. The topological polar surface area (TPSA) is 23.5 Å². The summed E-state index contributed by atoms with van der Waals surface area (Å²) in [5, 5.41) is 9.65. The highest BCUT2D eigenvalue weighted by molar-refractivity contribution is 9.10. The zero-order valence-corrected chi connectivity index (χ0v) is 9.63. The molecule has 14 heavy (non-hydrogen) atoms. The van der Waals surface area contributed by atoms with Crippen molar-refractivity contribution < 1.29 is 5.11 Å². The Morgan fingerprint density at radius 1 is 1.29 bits per heavy atom. The molecule has 0 bridgehead atoms. The molecule has 2 nitrogen and oxygen atoms in total. The van der Waals surface area contributed by atoms with Crippen LogP contribution in [0.25, 0.3) is 0 Å². The third-order valence-electron chi connectivity index (χ3n) is 2.63. The molecular weight excluding hydrogens is 242 g/mol. The third-order valence-corrected chi connectivity index (χ3v) is 3.13. The minimum atomic E-state index is 0.403. The molecular formula is C11H14BrNO. The number of halogens is 1. The van der Waals surface area contributed by atoms with Crippen molar-refractivity contribution in [3.63, 3.8) is 0 Å². The number of hydrogen-bond acceptors (Lipinski definition) is 2. The first-order valence-electron chi connectivity index (χ1n) is 4.95. The molecule has 3 heteroatoms. The van der Waals surface area contributed by atoms with Gasteiger partial charge >= 0.3 is 0 Å². The summed E-state index contributed by atoms with van der Waals surface area (Å²) >= 11 is 3.42. The van der Waals surface area contributed by atoms with E-state index in [4.69, 9.17) is 0 Å². The Labute approximate surface area is 92.7 Å². The fraction of sp³-hybridized carbons (Fsp3) is 0.455. The predicted octanol–water partition coefficient (Wildman–Crippen LogP) is 2.75. The number of benzene rings is 1. The first-order chi connectivity index (χ1) is 6.75. The summed E-state index contributed by atoms with van der Waals surface area (Å²) in [6.07, 6.45) is 2.57. The van der Waals surface area contributed by atoms with E-state index in [1.54, 1.807) is 6.07 Å². The summed E-state index contributed by atoms with van der Waals surface area (Å²) < 4.78 is 1.03. The Kier molecular flexibility index (Phi) is 3.08. The largest absolute Gasteiger partial charge is 0.508 e. The average molecular weight is 256 g/mol. The highest BCUT2D eigenvalue weighted by atomic mass is 79.9. The molecule has 0 radical (unpaired) electrons. The van der Waals surface area contributed by atoms with Crippen molar-refractivity contribution >= 4 is 15.9 Å². The first kappa shape index (κ1) is 9.99. The van der Waals surface area contributed by atoms with Crippen molar-refractivity contribution in [3.8, 4) is 5.75 Å². The second kappa shape index (κ2) is 4.32. The number of phenolic OH excluding ortho intramolecular Hbond substituents is 1. The van der Waals surface area contributed by atoms with E-state index in [1.165, 1.54) is 12.8 Å². The second-order valence-corrected chi connectivity index (χ2v) is 4.67. The number of phenols is 1. The fourth-order valence-electron chi connectivity index (χ4n) is 1.86. The van der Waals surface area contributed by atoms with E-state index in [2.05, 4.69) is 20.8 Å². The van der Waals surface area contributed by atoms with Crippen molar-refractivity contribution in [1.29, 1.82) is 0 Å². The zero-order chi connectivity index (χ0) is 9.97. The Morgan fingerprint density at radius 3 is 2.71 bits per heavy atom. The quantitative estimate of drug-likeness (QED) is 0.879. The molecule has 1 N–H and O–H groups in total. The van der Waals surface area contributed by atoms with Gasteiger partial charge in [-0.15, -0.1) is 0 Å². The van der Waals surface area contributed by atoms with E-state index >= 15 is 0 Å². The van der Waals surface area contributed by atoms with Gasteiger partial charge in [-0.2, -0.15) is 0 Å². The molecule has 0 aliphatic carbocycles. The van der Waals surface area contributed by atoms with Gasteiger partial charge in [-0.25, -0.2) is 0 Å². The van der Waals surface area contributed by atoms with E-state index in [0.717, 1.165) is 29.7 Å². The lowest BCUT2D eigenvalue weighted by Gasteiger charge is -2.15. The molecule has 76 valence electrons. The van der Waals surface area contributed by atoms with Crippen molar-refractivity contribution in [2.45, 2.75) is 19.4 Å². The lowest BCUT2D eigenvalue weighted by Crippen LogP contribution is -2.18. The summed E-state index contributed by atoms with van der Waals surface area (Å²) in [5.41, 5.74) is 1.02. The minimum Gasteiger partial charge on any atom is -0.508 e. The molecule has 0 atom stereocenters. The van der Waals surface area contributed by atoms with Crippen LogP contribution in [0.2, 0.25) is 0 Å². The maximum absolute atomic E-state index is 9.65. The molecule has 0 unspecified atom stereocenters. The molecule has 0 spiro atoms. The van der Waals surface area contributed by atoms with Gasteiger partial charge in [0.2, 0.25) is 0 Å². The second-order valence-electron chi connectivity index (χ2n) is 3.76. The van der Waals surface area contributed by atoms with E-state index in [1.807, 2.05) is 12.1 Å². The molecule has 1 aromatic carbocycles. The lowest BCUT2D eigenvalue weighted by atomic mass is 10.2. The van der Waals surface area contributed by atoms with Crippen molar-refractivity contribution in [2.24, 2.45) is 0 Å². The summed E-state index contributed by atoms with van der Waals surface area (Å²) in [5.74, 6) is 0.403. The number of aromatic hydroxyl groups is 1. The molecule has 0 amide bonds. The van der Waals surface area contributed by atoms with Crippen LogP contribution in [0, 0.1) is 0 Å². The van der Waals surface area contributed by atoms with Gasteiger partial charge < -0.3 is 5.11 Å². The smallest absolute Gasteiger partial charge is 0.120 e. The van der Waals surface area contributed by atoms with Crippen LogP contribution >= 0.6 is 15.9 Å². The molecule has 1 saturated heterocycles. The van der Waals surface area contributed by atoms with Crippen LogP contribution in [0.3, 0.4) is 0 Å². The van der Waals surface area contributed by atoms with Gasteiger partial charge in [0, 0.05) is 16.6 Å². The molecule has 0 aromatic heterocycles. The maximum atomic E-state index is 9.65. The molecule has 0 saturated carbocycles. The fourth-order valence-corrected chi connectivity index (χ4v) is 2.27. The standard InChI is InChI=1S/C11H14BrNO/c12-10-3-4-11(14)9(7-10)8-13-5-1-2-6-13/h3-4,7,14H,1-2,5-6,8H2. The van der Waals surface area contributed by atoms with Gasteiger partial charge in [0.25, 0.3) is 0 Å². The number of likely N-dealkylation sites (tertiary alicyclic amines) is 1. The van der Waals surface area contributed by atoms with Gasteiger partial charge in [0.15, 0.2) is 0 Å². The van der Waals surface area contributed by atoms with E-state index in [9.17, 15) is 5.11 Å². The van der Waals surface area contributed by atoms with Gasteiger partial charge in [0.05, 0.1) is 0 Å². The number of rotatable bonds is 2. The molecule has 1 aromatic rings. The Hall–Kier alpha value is -0.540. The van der Waals surface area contributed by atoms with Crippen LogP contribution in [0.1, 0.15) is 18.4 Å². The summed E-state index contributed by atoms with van der Waals surface area (Å²) in [4.78, 5) is 2.38. The number of hydrogen-bond donors (Lipinski definition) is 1. The maximum Gasteiger partial charge on any atom is 0.120 e. The molecule has 1 aliphatic rings. The highest BCUT2D eigenvalue weighted by Crippen LogP contribution is 2.24. The minimum absolute atomic E-state index is 0.403. The van der Waals surface area contributed by atoms with Crippen molar-refractivity contribution in [3.05, 3.63) is 28.2 Å². The summed E-state index contributed by atoms with van der Waals surface area (Å²) in [7, 11) is 0. The van der Waals surface area contributed by atoms with E-state index in [-0.39, 0.29) is 0 Å². The molecule has 1 heterocycles.